The van der Waals surface area contributed by atoms with E-state index < -0.39 is 17.6 Å². The van der Waals surface area contributed by atoms with E-state index in [0.29, 0.717) is 6.42 Å². The lowest BCUT2D eigenvalue weighted by molar-refractivity contribution is -0.145. The summed E-state index contributed by atoms with van der Waals surface area (Å²) in [5, 5.41) is 11.7. The Morgan fingerprint density at radius 2 is 1.78 bits per heavy atom. The van der Waals surface area contributed by atoms with Gasteiger partial charge in [0.25, 0.3) is 5.91 Å². The minimum atomic E-state index is -0.925. The smallest absolute Gasteiger partial charge is 0.305 e. The van der Waals surface area contributed by atoms with Gasteiger partial charge in [-0.3, -0.25) is 9.59 Å². The van der Waals surface area contributed by atoms with Gasteiger partial charge in [-0.2, -0.15) is 0 Å². The van der Waals surface area contributed by atoms with Crippen molar-refractivity contribution in [3.8, 4) is 0 Å². The first kappa shape index (κ1) is 16.9. The molecule has 2 N–H and O–H groups in total. The summed E-state index contributed by atoms with van der Waals surface area (Å²) in [6.07, 6.45) is 0.429. The third kappa shape index (κ3) is 4.64. The van der Waals surface area contributed by atoms with E-state index in [0.717, 1.165) is 0 Å². The highest BCUT2D eigenvalue weighted by Crippen LogP contribution is 2.23. The molecule has 5 nitrogen and oxygen atoms in total. The van der Waals surface area contributed by atoms with Crippen molar-refractivity contribution in [3.63, 3.8) is 0 Å². The number of carbonyl (C=O) groups is 2. The maximum absolute atomic E-state index is 12.1. The van der Waals surface area contributed by atoms with Gasteiger partial charge in [0.05, 0.1) is 6.42 Å². The molecule has 0 heterocycles. The maximum atomic E-state index is 12.1. The summed E-state index contributed by atoms with van der Waals surface area (Å²) < 4.78 is 5.21. The largest absolute Gasteiger partial charge is 0.481 e. The molecule has 2 unspecified atom stereocenters. The molecule has 106 valence electrons. The van der Waals surface area contributed by atoms with Crippen LogP contribution >= 0.6 is 0 Å². The minimum Gasteiger partial charge on any atom is -0.481 e. The molecule has 0 saturated carbocycles. The van der Waals surface area contributed by atoms with Crippen molar-refractivity contribution in [3.05, 3.63) is 0 Å². The van der Waals surface area contributed by atoms with E-state index in [-0.39, 0.29) is 17.7 Å². The van der Waals surface area contributed by atoms with E-state index in [1.54, 1.807) is 6.92 Å². The Labute approximate surface area is 109 Å². The van der Waals surface area contributed by atoms with Gasteiger partial charge in [-0.05, 0) is 18.8 Å². The number of hydrogen-bond acceptors (Lipinski definition) is 3. The molecule has 0 aliphatic rings. The molecular weight excluding hydrogens is 234 g/mol. The third-order valence-corrected chi connectivity index (χ3v) is 3.33. The van der Waals surface area contributed by atoms with Crippen LogP contribution in [0.5, 0.6) is 0 Å². The molecule has 0 fully saturated rings. The average Bonchev–Trinajstić information content (AvgIpc) is 2.25. The van der Waals surface area contributed by atoms with Gasteiger partial charge in [0.15, 0.2) is 0 Å². The van der Waals surface area contributed by atoms with Gasteiger partial charge in [0, 0.05) is 13.2 Å². The maximum Gasteiger partial charge on any atom is 0.305 e. The second kappa shape index (κ2) is 6.18. The van der Waals surface area contributed by atoms with E-state index in [1.165, 1.54) is 7.11 Å². The van der Waals surface area contributed by atoms with Crippen molar-refractivity contribution in [2.45, 2.75) is 59.1 Å². The van der Waals surface area contributed by atoms with Crippen molar-refractivity contribution in [1.82, 2.24) is 5.32 Å². The third-order valence-electron chi connectivity index (χ3n) is 3.33. The molecule has 0 aliphatic carbocycles. The Kier molecular flexibility index (Phi) is 5.80. The van der Waals surface area contributed by atoms with Gasteiger partial charge in [-0.1, -0.05) is 27.7 Å². The molecule has 0 aromatic carbocycles. The monoisotopic (exact) mass is 259 g/mol. The molecule has 5 heteroatoms. The summed E-state index contributed by atoms with van der Waals surface area (Å²) in [5.74, 6) is -1.19. The van der Waals surface area contributed by atoms with Gasteiger partial charge in [0.1, 0.15) is 5.60 Å². The van der Waals surface area contributed by atoms with Crippen molar-refractivity contribution in [2.75, 3.05) is 7.11 Å². The average molecular weight is 259 g/mol. The first-order chi connectivity index (χ1) is 8.06. The summed E-state index contributed by atoms with van der Waals surface area (Å²) in [6.45, 7) is 9.25. The van der Waals surface area contributed by atoms with Gasteiger partial charge < -0.3 is 15.2 Å². The number of rotatable bonds is 6. The first-order valence-corrected chi connectivity index (χ1v) is 6.14. The van der Waals surface area contributed by atoms with Crippen LogP contribution in [0.2, 0.25) is 0 Å². The number of hydrogen-bond donors (Lipinski definition) is 2. The predicted molar refractivity (Wildman–Crippen MR) is 69.3 cm³/mol. The zero-order valence-corrected chi connectivity index (χ0v) is 12.2. The first-order valence-electron chi connectivity index (χ1n) is 6.14. The Hall–Kier alpha value is -1.10. The highest BCUT2D eigenvalue weighted by atomic mass is 16.5. The van der Waals surface area contributed by atoms with Crippen LogP contribution < -0.4 is 5.32 Å². The lowest BCUT2D eigenvalue weighted by Gasteiger charge is -2.34. The summed E-state index contributed by atoms with van der Waals surface area (Å²) in [4.78, 5) is 23.0. The molecule has 0 aromatic rings. The lowest BCUT2D eigenvalue weighted by Crippen LogP contribution is -2.53. The molecule has 0 bridgehead atoms. The van der Waals surface area contributed by atoms with Crippen LogP contribution in [0.25, 0.3) is 0 Å². The summed E-state index contributed by atoms with van der Waals surface area (Å²) in [5.41, 5.74) is -1.24. The number of amides is 1. The van der Waals surface area contributed by atoms with Gasteiger partial charge in [-0.15, -0.1) is 0 Å². The number of carboxylic acids is 1. The van der Waals surface area contributed by atoms with E-state index in [9.17, 15) is 9.59 Å². The van der Waals surface area contributed by atoms with Gasteiger partial charge in [-0.25, -0.2) is 0 Å². The predicted octanol–water partition coefficient (Wildman–Crippen LogP) is 1.81. The molecule has 18 heavy (non-hydrogen) atoms. The lowest BCUT2D eigenvalue weighted by atomic mass is 9.84. The Morgan fingerprint density at radius 3 is 2.06 bits per heavy atom. The molecule has 0 rings (SSSR count). The molecule has 2 atom stereocenters. The SMILES string of the molecule is CCC(C)(OC)C(=O)NC(CC(=O)O)C(C)(C)C. The van der Waals surface area contributed by atoms with E-state index >= 15 is 0 Å². The van der Waals surface area contributed by atoms with E-state index in [2.05, 4.69) is 5.32 Å². The van der Waals surface area contributed by atoms with Crippen LogP contribution in [0.1, 0.15) is 47.5 Å². The number of carbonyl (C=O) groups excluding carboxylic acids is 1. The van der Waals surface area contributed by atoms with Gasteiger partial charge >= 0.3 is 5.97 Å². The molecule has 1 amide bonds. The van der Waals surface area contributed by atoms with Crippen LogP contribution in [0.3, 0.4) is 0 Å². The number of aliphatic carboxylic acids is 1. The Morgan fingerprint density at radius 1 is 1.28 bits per heavy atom. The molecule has 0 aromatic heterocycles. The Balaban J connectivity index is 4.89. The fraction of sp³-hybridized carbons (Fsp3) is 0.846. The second-order valence-electron chi connectivity index (χ2n) is 5.78. The van der Waals surface area contributed by atoms with E-state index in [1.807, 2.05) is 27.7 Å². The standard InChI is InChI=1S/C13H25NO4/c1-7-13(5,18-6)11(17)14-9(8-10(15)16)12(2,3)4/h9H,7-8H2,1-6H3,(H,14,17)(H,15,16). The van der Waals surface area contributed by atoms with Crippen molar-refractivity contribution in [2.24, 2.45) is 5.41 Å². The number of methoxy groups -OCH3 is 1. The summed E-state index contributed by atoms with van der Waals surface area (Å²) >= 11 is 0. The Bertz CT molecular complexity index is 303. The zero-order valence-electron chi connectivity index (χ0n) is 12.2. The topological polar surface area (TPSA) is 75.6 Å². The van der Waals surface area contributed by atoms with Gasteiger partial charge in [0.2, 0.25) is 0 Å². The molecule has 0 aliphatic heterocycles. The number of carboxylic acid groups (broad SMARTS) is 1. The molecule has 0 radical (unpaired) electrons. The van der Waals surface area contributed by atoms with Crippen LogP contribution in [0.4, 0.5) is 0 Å². The number of nitrogens with one attached hydrogen (secondary N) is 1. The highest BCUT2D eigenvalue weighted by Gasteiger charge is 2.36. The second-order valence-corrected chi connectivity index (χ2v) is 5.78. The molecule has 0 spiro atoms. The fourth-order valence-electron chi connectivity index (χ4n) is 1.46. The normalized spacial score (nSPS) is 16.8. The van der Waals surface area contributed by atoms with Crippen LogP contribution in [-0.2, 0) is 14.3 Å². The number of ether oxygens (including phenoxy) is 1. The van der Waals surface area contributed by atoms with E-state index in [4.69, 9.17) is 9.84 Å². The van der Waals surface area contributed by atoms with Crippen molar-refractivity contribution in [1.29, 1.82) is 0 Å². The zero-order chi connectivity index (χ0) is 14.6. The van der Waals surface area contributed by atoms with Crippen LogP contribution in [-0.4, -0.2) is 35.7 Å². The molecule has 0 saturated heterocycles. The minimum absolute atomic E-state index is 0.0985. The quantitative estimate of drug-likeness (QED) is 0.762. The fourth-order valence-corrected chi connectivity index (χ4v) is 1.46. The van der Waals surface area contributed by atoms with Crippen molar-refractivity contribution < 1.29 is 19.4 Å². The van der Waals surface area contributed by atoms with Crippen molar-refractivity contribution >= 4 is 11.9 Å². The highest BCUT2D eigenvalue weighted by molar-refractivity contribution is 5.85. The van der Waals surface area contributed by atoms with Crippen LogP contribution in [0.15, 0.2) is 0 Å². The summed E-state index contributed by atoms with van der Waals surface area (Å²) in [6, 6.07) is -0.427. The summed E-state index contributed by atoms with van der Waals surface area (Å²) in [7, 11) is 1.48. The van der Waals surface area contributed by atoms with Crippen LogP contribution in [0, 0.1) is 5.41 Å². The molecular formula is C13H25NO4.